The van der Waals surface area contributed by atoms with Gasteiger partial charge in [-0.25, -0.2) is 0 Å². The van der Waals surface area contributed by atoms with Gasteiger partial charge in [-0.2, -0.15) is 0 Å². The summed E-state index contributed by atoms with van der Waals surface area (Å²) in [6.45, 7) is 14.1. The van der Waals surface area contributed by atoms with Gasteiger partial charge in [-0.05, 0) is 35.0 Å². The van der Waals surface area contributed by atoms with E-state index in [1.807, 2.05) is 27.7 Å². The van der Waals surface area contributed by atoms with Crippen molar-refractivity contribution in [3.05, 3.63) is 0 Å². The molecule has 29 heavy (non-hydrogen) atoms. The number of nitrogens with zero attached hydrogens (tertiary/aromatic N) is 1. The van der Waals surface area contributed by atoms with Crippen LogP contribution in [0, 0.1) is 34.5 Å². The molecule has 162 valence electrons. The second-order valence-electron chi connectivity index (χ2n) is 11.1. The van der Waals surface area contributed by atoms with E-state index in [1.54, 1.807) is 4.90 Å². The van der Waals surface area contributed by atoms with Gasteiger partial charge in [-0.15, -0.1) is 0 Å². The fraction of sp³-hybridized carbons (Fsp3) is 0.826. The van der Waals surface area contributed by atoms with E-state index in [4.69, 9.17) is 0 Å². The molecule has 0 bridgehead atoms. The van der Waals surface area contributed by atoms with Crippen molar-refractivity contribution in [3.8, 4) is 0 Å². The van der Waals surface area contributed by atoms with E-state index in [9.17, 15) is 19.2 Å². The van der Waals surface area contributed by atoms with Gasteiger partial charge in [0.05, 0.1) is 6.04 Å². The number of fused-ring (bicyclic) bond motifs is 1. The maximum absolute atomic E-state index is 13.3. The topological polar surface area (TPSA) is 83.6 Å². The highest BCUT2D eigenvalue weighted by atomic mass is 16.2. The van der Waals surface area contributed by atoms with E-state index in [2.05, 4.69) is 19.2 Å². The largest absolute Gasteiger partial charge is 0.344 e. The van der Waals surface area contributed by atoms with E-state index >= 15 is 0 Å². The van der Waals surface area contributed by atoms with Crippen molar-refractivity contribution < 1.29 is 19.2 Å². The predicted octanol–water partition coefficient (Wildman–Crippen LogP) is 2.59. The Morgan fingerprint density at radius 3 is 2.21 bits per heavy atom. The lowest BCUT2D eigenvalue weighted by molar-refractivity contribution is -0.146. The van der Waals surface area contributed by atoms with Crippen molar-refractivity contribution >= 4 is 23.4 Å². The molecule has 0 radical (unpaired) electrons. The maximum Gasteiger partial charge on any atom is 0.243 e. The summed E-state index contributed by atoms with van der Waals surface area (Å²) in [5.74, 6) is -0.741. The van der Waals surface area contributed by atoms with E-state index in [0.717, 1.165) is 12.8 Å². The summed E-state index contributed by atoms with van der Waals surface area (Å²) in [5, 5.41) is 2.87. The fourth-order valence-corrected chi connectivity index (χ4v) is 4.85. The van der Waals surface area contributed by atoms with Crippen LogP contribution in [0.2, 0.25) is 0 Å². The summed E-state index contributed by atoms with van der Waals surface area (Å²) in [6.07, 6.45) is 2.58. The molecular formula is C23H36N2O4. The van der Waals surface area contributed by atoms with Crippen molar-refractivity contribution in [3.63, 3.8) is 0 Å². The number of ketones is 2. The minimum atomic E-state index is -0.773. The zero-order valence-corrected chi connectivity index (χ0v) is 18.9. The third kappa shape index (κ3) is 4.13. The highest BCUT2D eigenvalue weighted by Crippen LogP contribution is 2.65. The molecule has 2 amide bonds. The average molecular weight is 405 g/mol. The van der Waals surface area contributed by atoms with Gasteiger partial charge in [-0.1, -0.05) is 54.4 Å². The van der Waals surface area contributed by atoms with Gasteiger partial charge in [0.15, 0.2) is 5.78 Å². The molecule has 3 aliphatic rings. The molecule has 6 heteroatoms. The summed E-state index contributed by atoms with van der Waals surface area (Å²) >= 11 is 0. The quantitative estimate of drug-likeness (QED) is 0.661. The number of hydrogen-bond donors (Lipinski definition) is 1. The Kier molecular flexibility index (Phi) is 5.46. The Hall–Kier alpha value is -1.72. The molecule has 5 atom stereocenters. The average Bonchev–Trinajstić information content (AvgIpc) is 3.45. The minimum absolute atomic E-state index is 0.00251. The van der Waals surface area contributed by atoms with Crippen molar-refractivity contribution in [2.75, 3.05) is 6.54 Å². The van der Waals surface area contributed by atoms with Crippen LogP contribution in [0.1, 0.15) is 67.7 Å². The molecule has 0 aromatic carbocycles. The molecule has 3 rings (SSSR count). The monoisotopic (exact) mass is 404 g/mol. The summed E-state index contributed by atoms with van der Waals surface area (Å²) in [7, 11) is 0. The van der Waals surface area contributed by atoms with Crippen molar-refractivity contribution in [1.82, 2.24) is 10.2 Å². The summed E-state index contributed by atoms with van der Waals surface area (Å²) in [6, 6.07) is -1.33. The third-order valence-electron chi connectivity index (χ3n) is 7.68. The van der Waals surface area contributed by atoms with Crippen molar-refractivity contribution in [2.45, 2.75) is 79.8 Å². The van der Waals surface area contributed by atoms with Crippen LogP contribution in [0.5, 0.6) is 0 Å². The van der Waals surface area contributed by atoms with E-state index < -0.39 is 23.7 Å². The van der Waals surface area contributed by atoms with Crippen LogP contribution in [0.25, 0.3) is 0 Å². The van der Waals surface area contributed by atoms with Gasteiger partial charge < -0.3 is 10.2 Å². The molecule has 1 unspecified atom stereocenters. The molecule has 1 saturated heterocycles. The Labute approximate surface area is 174 Å². The SMILES string of the molecule is CC(=O)C(=O)C(CC1CC1)NC(=O)[C@@H]1[C@@H]2[C@H](CN1C(=O)[C@@H](C)C(C)(C)C)C2(C)C. The predicted molar refractivity (Wildman–Crippen MR) is 110 cm³/mol. The first kappa shape index (κ1) is 22.0. The molecule has 2 saturated carbocycles. The minimum Gasteiger partial charge on any atom is -0.344 e. The summed E-state index contributed by atoms with van der Waals surface area (Å²) in [4.78, 5) is 52.3. The van der Waals surface area contributed by atoms with E-state index in [-0.39, 0.29) is 34.5 Å². The van der Waals surface area contributed by atoms with Gasteiger partial charge in [-0.3, -0.25) is 19.2 Å². The normalized spacial score (nSPS) is 29.6. The molecule has 0 aromatic rings. The second kappa shape index (κ2) is 7.21. The number of likely N-dealkylation sites (tertiary alicyclic amines) is 1. The molecule has 2 aliphatic carbocycles. The van der Waals surface area contributed by atoms with E-state index in [0.29, 0.717) is 24.8 Å². The Morgan fingerprint density at radius 2 is 1.72 bits per heavy atom. The highest BCUT2D eigenvalue weighted by molar-refractivity contribution is 6.38. The van der Waals surface area contributed by atoms with Crippen LogP contribution in [-0.4, -0.2) is 46.9 Å². The van der Waals surface area contributed by atoms with Crippen LogP contribution in [0.15, 0.2) is 0 Å². The highest BCUT2D eigenvalue weighted by Gasteiger charge is 2.69. The molecule has 1 heterocycles. The van der Waals surface area contributed by atoms with Crippen LogP contribution < -0.4 is 5.32 Å². The zero-order chi connectivity index (χ0) is 21.9. The molecular weight excluding hydrogens is 368 g/mol. The van der Waals surface area contributed by atoms with Gasteiger partial charge >= 0.3 is 0 Å². The maximum atomic E-state index is 13.3. The lowest BCUT2D eigenvalue weighted by Crippen LogP contribution is -2.55. The molecule has 0 spiro atoms. The molecule has 1 aliphatic heterocycles. The van der Waals surface area contributed by atoms with Crippen LogP contribution in [0.3, 0.4) is 0 Å². The van der Waals surface area contributed by atoms with Gasteiger partial charge in [0.1, 0.15) is 6.04 Å². The number of nitrogens with one attached hydrogen (secondary N) is 1. The molecule has 6 nitrogen and oxygen atoms in total. The second-order valence-corrected chi connectivity index (χ2v) is 11.1. The molecule has 1 N–H and O–H groups in total. The Balaban J connectivity index is 1.79. The van der Waals surface area contributed by atoms with E-state index in [1.165, 1.54) is 6.92 Å². The Bertz CT molecular complexity index is 732. The number of piperidine rings is 1. The van der Waals surface area contributed by atoms with Crippen LogP contribution in [-0.2, 0) is 19.2 Å². The first-order chi connectivity index (χ1) is 13.3. The Morgan fingerprint density at radius 1 is 1.14 bits per heavy atom. The van der Waals surface area contributed by atoms with Gasteiger partial charge in [0.2, 0.25) is 17.6 Å². The fourth-order valence-electron chi connectivity index (χ4n) is 4.85. The number of amides is 2. The summed E-state index contributed by atoms with van der Waals surface area (Å²) < 4.78 is 0. The third-order valence-corrected chi connectivity index (χ3v) is 7.68. The standard InChI is InChI=1S/C23H36N2O4/c1-12(22(3,4)5)21(29)25-11-15-17(23(15,6)7)18(25)20(28)24-16(10-14-8-9-14)19(27)13(2)26/h12,14-18H,8-11H2,1-7H3,(H,24,28)/t12-,15+,16?,17+,18+/m1/s1. The van der Waals surface area contributed by atoms with Crippen molar-refractivity contribution in [2.24, 2.45) is 34.5 Å². The van der Waals surface area contributed by atoms with Crippen molar-refractivity contribution in [1.29, 1.82) is 0 Å². The number of Topliss-reactive ketones (excluding diaryl/α,β-unsaturated/α-hetero) is 2. The first-order valence-electron chi connectivity index (χ1n) is 10.9. The summed E-state index contributed by atoms with van der Waals surface area (Å²) in [5.41, 5.74) is -0.181. The number of carbonyl (C=O) groups is 4. The first-order valence-corrected chi connectivity index (χ1v) is 10.9. The zero-order valence-electron chi connectivity index (χ0n) is 18.9. The lowest BCUT2D eigenvalue weighted by Gasteiger charge is -2.36. The van der Waals surface area contributed by atoms with Crippen LogP contribution >= 0.6 is 0 Å². The number of rotatable bonds is 7. The van der Waals surface area contributed by atoms with Gasteiger partial charge in [0, 0.05) is 19.4 Å². The smallest absolute Gasteiger partial charge is 0.243 e. The lowest BCUT2D eigenvalue weighted by atomic mass is 9.81. The van der Waals surface area contributed by atoms with Crippen LogP contribution in [0.4, 0.5) is 0 Å². The number of carbonyl (C=O) groups excluding carboxylic acids is 4. The molecule has 3 fully saturated rings. The number of hydrogen-bond acceptors (Lipinski definition) is 4. The van der Waals surface area contributed by atoms with Gasteiger partial charge in [0.25, 0.3) is 0 Å². The molecule has 0 aromatic heterocycles.